The lowest BCUT2D eigenvalue weighted by molar-refractivity contribution is -0.320. The molecule has 8 N–H and O–H groups in total. The van der Waals surface area contributed by atoms with Gasteiger partial charge in [-0.1, -0.05) is 0 Å². The van der Waals surface area contributed by atoms with Crippen LogP contribution in [0.2, 0.25) is 0 Å². The molecule has 1 heterocycles. The standard InChI is InChI=1S/C12H20O12/c13-1-3(15)5(17)9(4(16)2-14)23-12-8(20)6(18)7(19)10(24-12)11(21)22/h1,3-10,12,14-20H,2H2,(H,21,22)/t3-,4+,5+,6-,7-,8+,9+,10-,12+/m0/s1. The summed E-state index contributed by atoms with van der Waals surface area (Å²) in [5, 5.41) is 75.4. The van der Waals surface area contributed by atoms with Crippen LogP contribution in [0.3, 0.4) is 0 Å². The van der Waals surface area contributed by atoms with Gasteiger partial charge in [-0.3, -0.25) is 0 Å². The number of aliphatic hydroxyl groups is 7. The summed E-state index contributed by atoms with van der Waals surface area (Å²) in [5.74, 6) is -1.69. The number of ether oxygens (including phenoxy) is 2. The first-order chi connectivity index (χ1) is 11.1. The zero-order valence-corrected chi connectivity index (χ0v) is 12.2. The first kappa shape index (κ1) is 20.8. The highest BCUT2D eigenvalue weighted by atomic mass is 16.7. The minimum atomic E-state index is -2.06. The number of hydrogen-bond donors (Lipinski definition) is 8. The van der Waals surface area contributed by atoms with Gasteiger partial charge in [0.2, 0.25) is 0 Å². The predicted molar refractivity (Wildman–Crippen MR) is 70.4 cm³/mol. The van der Waals surface area contributed by atoms with Crippen molar-refractivity contribution in [1.29, 1.82) is 0 Å². The maximum absolute atomic E-state index is 11.0. The third-order valence-corrected chi connectivity index (χ3v) is 3.50. The molecule has 0 unspecified atom stereocenters. The lowest BCUT2D eigenvalue weighted by Gasteiger charge is -2.41. The molecule has 0 bridgehead atoms. The number of carbonyl (C=O) groups excluding carboxylic acids is 1. The van der Waals surface area contributed by atoms with Crippen molar-refractivity contribution in [1.82, 2.24) is 0 Å². The second-order valence-electron chi connectivity index (χ2n) is 5.20. The molecular formula is C12H20O12. The van der Waals surface area contributed by atoms with Crippen LogP contribution in [-0.2, 0) is 19.1 Å². The van der Waals surface area contributed by atoms with E-state index in [9.17, 15) is 40.2 Å². The Kier molecular flexibility index (Phi) is 7.59. The van der Waals surface area contributed by atoms with E-state index in [2.05, 4.69) is 0 Å². The number of carbonyl (C=O) groups is 2. The Morgan fingerprint density at radius 2 is 1.71 bits per heavy atom. The van der Waals surface area contributed by atoms with E-state index in [-0.39, 0.29) is 6.29 Å². The van der Waals surface area contributed by atoms with Gasteiger partial charge in [0.25, 0.3) is 0 Å². The van der Waals surface area contributed by atoms with Crippen molar-refractivity contribution in [3.05, 3.63) is 0 Å². The van der Waals surface area contributed by atoms with Crippen LogP contribution in [0.4, 0.5) is 0 Å². The second kappa shape index (κ2) is 8.75. The van der Waals surface area contributed by atoms with Gasteiger partial charge in [-0.15, -0.1) is 0 Å². The lowest BCUT2D eigenvalue weighted by Crippen LogP contribution is -2.62. The molecule has 1 rings (SSSR count). The fraction of sp³-hybridized carbons (Fsp3) is 0.833. The van der Waals surface area contributed by atoms with Crippen molar-refractivity contribution in [2.24, 2.45) is 0 Å². The van der Waals surface area contributed by atoms with Crippen LogP contribution in [-0.4, -0.2) is 115 Å². The molecule has 1 fully saturated rings. The van der Waals surface area contributed by atoms with Crippen LogP contribution in [0.15, 0.2) is 0 Å². The van der Waals surface area contributed by atoms with Gasteiger partial charge in [0, 0.05) is 0 Å². The van der Waals surface area contributed by atoms with E-state index in [1.54, 1.807) is 0 Å². The molecule has 0 radical (unpaired) electrons. The second-order valence-corrected chi connectivity index (χ2v) is 5.20. The minimum absolute atomic E-state index is 0.0814. The molecule has 140 valence electrons. The van der Waals surface area contributed by atoms with Gasteiger partial charge in [-0.2, -0.15) is 0 Å². The summed E-state index contributed by atoms with van der Waals surface area (Å²) in [6.45, 7) is -0.982. The summed E-state index contributed by atoms with van der Waals surface area (Å²) in [5.41, 5.74) is 0. The first-order valence-corrected chi connectivity index (χ1v) is 6.84. The Hall–Kier alpha value is -1.22. The van der Waals surface area contributed by atoms with Crippen LogP contribution in [0.1, 0.15) is 0 Å². The Morgan fingerprint density at radius 3 is 2.17 bits per heavy atom. The van der Waals surface area contributed by atoms with Crippen molar-refractivity contribution in [2.45, 2.75) is 55.1 Å². The van der Waals surface area contributed by atoms with Gasteiger partial charge in [-0.25, -0.2) is 4.79 Å². The molecule has 1 aliphatic rings. The quantitative estimate of drug-likeness (QED) is 0.191. The Bertz CT molecular complexity index is 430. The maximum atomic E-state index is 11.0. The normalized spacial score (nSPS) is 35.7. The van der Waals surface area contributed by atoms with Crippen molar-refractivity contribution in [3.8, 4) is 0 Å². The monoisotopic (exact) mass is 356 g/mol. The molecule has 0 aromatic heterocycles. The fourth-order valence-corrected chi connectivity index (χ4v) is 2.10. The molecule has 1 saturated heterocycles. The zero-order chi connectivity index (χ0) is 18.6. The first-order valence-electron chi connectivity index (χ1n) is 6.84. The molecule has 0 amide bonds. The number of rotatable bonds is 8. The fourth-order valence-electron chi connectivity index (χ4n) is 2.10. The van der Waals surface area contributed by atoms with Gasteiger partial charge in [0.05, 0.1) is 6.61 Å². The Labute approximate surface area is 135 Å². The van der Waals surface area contributed by atoms with Crippen LogP contribution in [0, 0.1) is 0 Å². The van der Waals surface area contributed by atoms with Crippen LogP contribution in [0.25, 0.3) is 0 Å². The third kappa shape index (κ3) is 4.44. The lowest BCUT2D eigenvalue weighted by atomic mass is 9.98. The molecule has 24 heavy (non-hydrogen) atoms. The molecule has 0 spiro atoms. The van der Waals surface area contributed by atoms with Crippen LogP contribution < -0.4 is 0 Å². The summed E-state index contributed by atoms with van der Waals surface area (Å²) >= 11 is 0. The van der Waals surface area contributed by atoms with Gasteiger partial charge >= 0.3 is 5.97 Å². The summed E-state index contributed by atoms with van der Waals surface area (Å²) in [6, 6.07) is 0. The van der Waals surface area contributed by atoms with Gasteiger partial charge in [0.15, 0.2) is 18.7 Å². The molecule has 9 atom stereocenters. The van der Waals surface area contributed by atoms with E-state index in [4.69, 9.17) is 19.7 Å². The Balaban J connectivity index is 2.98. The maximum Gasteiger partial charge on any atom is 0.335 e. The summed E-state index contributed by atoms with van der Waals surface area (Å²) < 4.78 is 9.73. The predicted octanol–water partition coefficient (Wildman–Crippen LogP) is -5.46. The van der Waals surface area contributed by atoms with E-state index in [0.29, 0.717) is 0 Å². The average Bonchev–Trinajstić information content (AvgIpc) is 2.56. The van der Waals surface area contributed by atoms with Crippen LogP contribution in [0.5, 0.6) is 0 Å². The Morgan fingerprint density at radius 1 is 1.12 bits per heavy atom. The summed E-state index contributed by atoms with van der Waals surface area (Å²) in [6.07, 6.45) is -17.8. The van der Waals surface area contributed by atoms with Gasteiger partial charge in [0.1, 0.15) is 42.7 Å². The van der Waals surface area contributed by atoms with Crippen molar-refractivity contribution in [3.63, 3.8) is 0 Å². The van der Waals surface area contributed by atoms with Crippen molar-refractivity contribution in [2.75, 3.05) is 6.61 Å². The molecule has 0 aromatic carbocycles. The largest absolute Gasteiger partial charge is 0.479 e. The molecule has 1 aliphatic heterocycles. The van der Waals surface area contributed by atoms with E-state index in [1.165, 1.54) is 0 Å². The van der Waals surface area contributed by atoms with Crippen molar-refractivity contribution < 1.29 is 59.9 Å². The van der Waals surface area contributed by atoms with Gasteiger partial charge in [-0.05, 0) is 0 Å². The third-order valence-electron chi connectivity index (χ3n) is 3.50. The number of aliphatic carboxylic acids is 1. The smallest absolute Gasteiger partial charge is 0.335 e. The minimum Gasteiger partial charge on any atom is -0.479 e. The summed E-state index contributed by atoms with van der Waals surface area (Å²) in [7, 11) is 0. The summed E-state index contributed by atoms with van der Waals surface area (Å²) in [4.78, 5) is 21.5. The molecule has 12 heteroatoms. The average molecular weight is 356 g/mol. The molecular weight excluding hydrogens is 336 g/mol. The molecule has 0 aromatic rings. The number of aldehydes is 1. The molecule has 12 nitrogen and oxygen atoms in total. The highest BCUT2D eigenvalue weighted by molar-refractivity contribution is 5.73. The molecule has 0 aliphatic carbocycles. The van der Waals surface area contributed by atoms with E-state index < -0.39 is 67.7 Å². The number of hydrogen-bond acceptors (Lipinski definition) is 11. The van der Waals surface area contributed by atoms with E-state index >= 15 is 0 Å². The van der Waals surface area contributed by atoms with Gasteiger partial charge < -0.3 is 55.1 Å². The highest BCUT2D eigenvalue weighted by Gasteiger charge is 2.49. The van der Waals surface area contributed by atoms with Crippen LogP contribution >= 0.6 is 0 Å². The number of carboxylic acid groups (broad SMARTS) is 1. The number of carboxylic acids is 1. The van der Waals surface area contributed by atoms with E-state index in [1.807, 2.05) is 0 Å². The van der Waals surface area contributed by atoms with Crippen molar-refractivity contribution >= 4 is 12.3 Å². The zero-order valence-electron chi connectivity index (χ0n) is 12.2. The SMILES string of the molecule is O=C[C@H](O)[C@@H](O)[C@H](O[C@@H]1O[C@H](C(=O)O)[C@@H](O)[C@H](O)[C@H]1O)[C@H](O)CO. The van der Waals surface area contributed by atoms with E-state index in [0.717, 1.165) is 0 Å². The topological polar surface area (TPSA) is 214 Å². The molecule has 0 saturated carbocycles. The highest BCUT2D eigenvalue weighted by Crippen LogP contribution is 2.25. The number of aliphatic hydroxyl groups excluding tert-OH is 7.